The first-order valence-electron chi connectivity index (χ1n) is 12.6. The molecule has 2 aromatic carbocycles. The fraction of sp³-hybridized carbons (Fsp3) is 0.448. The maximum absolute atomic E-state index is 13.9. The quantitative estimate of drug-likeness (QED) is 0.285. The van der Waals surface area contributed by atoms with Crippen LogP contribution < -0.4 is 0 Å². The fourth-order valence-corrected chi connectivity index (χ4v) is 4.67. The van der Waals surface area contributed by atoms with Gasteiger partial charge in [-0.3, -0.25) is 4.79 Å². The smallest absolute Gasteiger partial charge is 0.347 e. The first-order valence-corrected chi connectivity index (χ1v) is 12.6. The van der Waals surface area contributed by atoms with Crippen molar-refractivity contribution in [2.45, 2.75) is 77.5 Å². The Morgan fingerprint density at radius 3 is 1.71 bits per heavy atom. The van der Waals surface area contributed by atoms with Crippen LogP contribution in [0.1, 0.15) is 52.2 Å². The van der Waals surface area contributed by atoms with Gasteiger partial charge in [0.15, 0.2) is 0 Å². The van der Waals surface area contributed by atoms with E-state index in [1.165, 1.54) is 6.92 Å². The summed E-state index contributed by atoms with van der Waals surface area (Å²) < 4.78 is 16.5. The minimum absolute atomic E-state index is 0.228. The van der Waals surface area contributed by atoms with E-state index in [0.29, 0.717) is 11.1 Å². The molecule has 1 saturated heterocycles. The summed E-state index contributed by atoms with van der Waals surface area (Å²) in [6.07, 6.45) is -1.13. The van der Waals surface area contributed by atoms with E-state index in [1.807, 2.05) is 0 Å². The predicted molar refractivity (Wildman–Crippen MR) is 137 cm³/mol. The summed E-state index contributed by atoms with van der Waals surface area (Å²) in [4.78, 5) is 55.3. The van der Waals surface area contributed by atoms with Crippen molar-refractivity contribution in [3.8, 4) is 0 Å². The Balaban J connectivity index is 2.10. The van der Waals surface area contributed by atoms with Gasteiger partial charge in [0.2, 0.25) is 5.91 Å². The largest absolute Gasteiger partial charge is 0.461 e. The molecule has 1 heterocycles. The predicted octanol–water partition coefficient (Wildman–Crippen LogP) is 3.17. The van der Waals surface area contributed by atoms with Gasteiger partial charge in [-0.05, 0) is 37.8 Å². The fourth-order valence-electron chi connectivity index (χ4n) is 4.67. The number of carbonyl (C=O) groups excluding carboxylic acids is 4. The first kappa shape index (κ1) is 28.8. The molecule has 1 aliphatic rings. The summed E-state index contributed by atoms with van der Waals surface area (Å²) in [5.74, 6) is -4.56. The third-order valence-electron chi connectivity index (χ3n) is 6.42. The molecule has 204 valence electrons. The van der Waals surface area contributed by atoms with Crippen LogP contribution in [0, 0.1) is 5.92 Å². The molecule has 9 heteroatoms. The maximum atomic E-state index is 13.9. The summed E-state index contributed by atoms with van der Waals surface area (Å²) in [7, 11) is 0. The molecule has 3 rings (SSSR count). The minimum Gasteiger partial charge on any atom is -0.461 e. The van der Waals surface area contributed by atoms with Crippen molar-refractivity contribution in [1.29, 1.82) is 0 Å². The number of carbonyl (C=O) groups is 4. The minimum atomic E-state index is -2.65. The number of ether oxygens (including phenoxy) is 3. The highest BCUT2D eigenvalue weighted by Crippen LogP contribution is 2.44. The Kier molecular flexibility index (Phi) is 8.93. The maximum Gasteiger partial charge on any atom is 0.347 e. The average molecular weight is 526 g/mol. The molecule has 1 fully saturated rings. The van der Waals surface area contributed by atoms with Gasteiger partial charge in [0, 0.05) is 0 Å². The van der Waals surface area contributed by atoms with Gasteiger partial charge in [-0.25, -0.2) is 14.4 Å². The second-order valence-corrected chi connectivity index (χ2v) is 10.2. The average Bonchev–Trinajstić information content (AvgIpc) is 3.07. The Labute approximate surface area is 222 Å². The van der Waals surface area contributed by atoms with Gasteiger partial charge < -0.3 is 24.2 Å². The first-order chi connectivity index (χ1) is 17.9. The van der Waals surface area contributed by atoms with E-state index < -0.39 is 59.4 Å². The van der Waals surface area contributed by atoms with Gasteiger partial charge in [0.1, 0.15) is 24.9 Å². The van der Waals surface area contributed by atoms with Gasteiger partial charge in [0.25, 0.3) is 5.54 Å². The van der Waals surface area contributed by atoms with Gasteiger partial charge in [-0.2, -0.15) is 0 Å². The number of likely N-dealkylation sites (tertiary alicyclic amines) is 1. The molecule has 0 bridgehead atoms. The molecule has 1 amide bonds. The third-order valence-corrected chi connectivity index (χ3v) is 6.42. The zero-order valence-corrected chi connectivity index (χ0v) is 22.4. The van der Waals surface area contributed by atoms with E-state index in [-0.39, 0.29) is 13.2 Å². The van der Waals surface area contributed by atoms with Crippen LogP contribution >= 0.6 is 0 Å². The van der Waals surface area contributed by atoms with Crippen LogP contribution in [0.25, 0.3) is 0 Å². The van der Waals surface area contributed by atoms with Crippen molar-refractivity contribution in [2.75, 3.05) is 0 Å². The van der Waals surface area contributed by atoms with Crippen LogP contribution in [0.2, 0.25) is 0 Å². The van der Waals surface area contributed by atoms with Gasteiger partial charge in [-0.1, -0.05) is 74.5 Å². The molecule has 0 aromatic heterocycles. The van der Waals surface area contributed by atoms with Crippen molar-refractivity contribution >= 4 is 23.8 Å². The number of nitrogens with zero attached hydrogens (tertiary/aromatic N) is 1. The Hall–Kier alpha value is -3.72. The molecule has 0 radical (unpaired) electrons. The molecular weight excluding hydrogens is 490 g/mol. The lowest BCUT2D eigenvalue weighted by Crippen LogP contribution is -2.71. The molecule has 0 aliphatic carbocycles. The van der Waals surface area contributed by atoms with E-state index in [2.05, 4.69) is 0 Å². The molecule has 1 unspecified atom stereocenters. The third kappa shape index (κ3) is 5.72. The topological polar surface area (TPSA) is 119 Å². The van der Waals surface area contributed by atoms with Crippen molar-refractivity contribution < 1.29 is 38.5 Å². The number of rotatable bonds is 10. The summed E-state index contributed by atoms with van der Waals surface area (Å²) in [6, 6.07) is 16.1. The molecular formula is C29H35NO8. The molecule has 2 aromatic rings. The Morgan fingerprint density at radius 2 is 1.32 bits per heavy atom. The van der Waals surface area contributed by atoms with E-state index in [0.717, 1.165) is 4.90 Å². The van der Waals surface area contributed by atoms with Crippen LogP contribution in [-0.2, 0) is 46.6 Å². The van der Waals surface area contributed by atoms with Crippen molar-refractivity contribution in [1.82, 2.24) is 4.90 Å². The highest BCUT2D eigenvalue weighted by molar-refractivity contribution is 6.13. The highest BCUT2D eigenvalue weighted by atomic mass is 16.6. The molecule has 0 spiro atoms. The van der Waals surface area contributed by atoms with Gasteiger partial charge in [0.05, 0.1) is 12.5 Å². The van der Waals surface area contributed by atoms with Crippen LogP contribution in [0.4, 0.5) is 0 Å². The standard InChI is InChI=1S/C29H35NO8/c1-19(2)24(25(32)38-20(3)4)30-23(31)16-28(5,35)29(30,26(33)36-17-21-12-8-6-9-13-21)27(34)37-18-22-14-10-7-11-15-22/h6-15,19-20,24,35H,16-18H2,1-5H3/t24-,28?/m1/s1. The summed E-state index contributed by atoms with van der Waals surface area (Å²) in [5.41, 5.74) is -3.65. The molecule has 1 aliphatic heterocycles. The van der Waals surface area contributed by atoms with Crippen LogP contribution in [0.3, 0.4) is 0 Å². The van der Waals surface area contributed by atoms with E-state index in [1.54, 1.807) is 88.4 Å². The van der Waals surface area contributed by atoms with Crippen LogP contribution in [0.5, 0.6) is 0 Å². The molecule has 9 nitrogen and oxygen atoms in total. The van der Waals surface area contributed by atoms with Crippen LogP contribution in [-0.4, -0.2) is 57.1 Å². The highest BCUT2D eigenvalue weighted by Gasteiger charge is 2.74. The van der Waals surface area contributed by atoms with E-state index >= 15 is 0 Å². The molecule has 38 heavy (non-hydrogen) atoms. The second kappa shape index (κ2) is 11.8. The Bertz CT molecular complexity index is 1090. The number of hydrogen-bond acceptors (Lipinski definition) is 8. The monoisotopic (exact) mass is 525 g/mol. The van der Waals surface area contributed by atoms with Gasteiger partial charge >= 0.3 is 17.9 Å². The number of esters is 3. The molecule has 0 saturated carbocycles. The van der Waals surface area contributed by atoms with Crippen LogP contribution in [0.15, 0.2) is 60.7 Å². The zero-order valence-electron chi connectivity index (χ0n) is 22.4. The summed E-state index contributed by atoms with van der Waals surface area (Å²) >= 11 is 0. The van der Waals surface area contributed by atoms with Crippen molar-refractivity contribution in [2.24, 2.45) is 5.92 Å². The SMILES string of the molecule is CC(C)OC(=O)[C@@H](C(C)C)N1C(=O)CC(C)(O)C1(C(=O)OCc1ccccc1)C(=O)OCc1ccccc1. The van der Waals surface area contributed by atoms with Crippen molar-refractivity contribution in [3.05, 3.63) is 71.8 Å². The summed E-state index contributed by atoms with van der Waals surface area (Å²) in [5, 5.41) is 11.6. The number of benzene rings is 2. The lowest BCUT2D eigenvalue weighted by atomic mass is 9.80. The van der Waals surface area contributed by atoms with E-state index in [4.69, 9.17) is 14.2 Å². The Morgan fingerprint density at radius 1 is 0.868 bits per heavy atom. The molecule has 2 atom stereocenters. The second-order valence-electron chi connectivity index (χ2n) is 10.2. The van der Waals surface area contributed by atoms with E-state index in [9.17, 15) is 24.3 Å². The van der Waals surface area contributed by atoms with Crippen molar-refractivity contribution in [3.63, 3.8) is 0 Å². The normalized spacial score (nSPS) is 19.4. The number of amides is 1. The number of hydrogen-bond donors (Lipinski definition) is 1. The zero-order chi connectivity index (χ0) is 28.1. The molecule has 1 N–H and O–H groups in total. The lowest BCUT2D eigenvalue weighted by Gasteiger charge is -2.43. The summed E-state index contributed by atoms with van der Waals surface area (Å²) in [6.45, 7) is 7.34. The lowest BCUT2D eigenvalue weighted by molar-refractivity contribution is -0.196. The number of aliphatic hydroxyl groups is 1. The van der Waals surface area contributed by atoms with Gasteiger partial charge in [-0.15, -0.1) is 0 Å².